The van der Waals surface area contributed by atoms with Crippen molar-refractivity contribution in [3.8, 4) is 0 Å². The number of nitrogens with zero attached hydrogens (tertiary/aromatic N) is 2. The van der Waals surface area contributed by atoms with Gasteiger partial charge in [0.2, 0.25) is 5.91 Å². The first-order valence-corrected chi connectivity index (χ1v) is 10.1. The van der Waals surface area contributed by atoms with Gasteiger partial charge in [-0.1, -0.05) is 0 Å². The van der Waals surface area contributed by atoms with Gasteiger partial charge in [0.25, 0.3) is 5.56 Å². The Balaban J connectivity index is 0.00000225. The summed E-state index contributed by atoms with van der Waals surface area (Å²) in [6.45, 7) is 1.47. The Morgan fingerprint density at radius 2 is 2.24 bits per heavy atom. The highest BCUT2D eigenvalue weighted by molar-refractivity contribution is 7.99. The van der Waals surface area contributed by atoms with E-state index in [4.69, 9.17) is 0 Å². The maximum atomic E-state index is 12.4. The fourth-order valence-electron chi connectivity index (χ4n) is 2.86. The number of aromatic nitrogens is 2. The average Bonchev–Trinajstić information content (AvgIpc) is 3.12. The second kappa shape index (κ2) is 9.02. The van der Waals surface area contributed by atoms with Crippen molar-refractivity contribution in [2.75, 3.05) is 32.9 Å². The molecule has 1 aliphatic rings. The first kappa shape index (κ1) is 20.2. The molecule has 2 aromatic heterocycles. The van der Waals surface area contributed by atoms with Crippen LogP contribution in [0.25, 0.3) is 10.2 Å². The van der Waals surface area contributed by atoms with E-state index in [1.54, 1.807) is 23.3 Å². The highest BCUT2D eigenvalue weighted by atomic mass is 35.5. The number of nitrogens with one attached hydrogen (secondary N) is 2. The zero-order valence-electron chi connectivity index (χ0n) is 14.4. The number of carbonyl (C=O) groups excluding carboxylic acids is 1. The van der Waals surface area contributed by atoms with Gasteiger partial charge in [-0.05, 0) is 31.9 Å². The van der Waals surface area contributed by atoms with Gasteiger partial charge in [-0.15, -0.1) is 35.5 Å². The lowest BCUT2D eigenvalue weighted by Crippen LogP contribution is -2.33. The van der Waals surface area contributed by atoms with E-state index in [1.165, 1.54) is 22.2 Å². The summed E-state index contributed by atoms with van der Waals surface area (Å²) in [7, 11) is 3.67. The van der Waals surface area contributed by atoms with Crippen LogP contribution in [0.4, 0.5) is 0 Å². The number of H-pyrrole nitrogens is 1. The molecule has 9 heteroatoms. The van der Waals surface area contributed by atoms with E-state index in [0.29, 0.717) is 23.9 Å². The van der Waals surface area contributed by atoms with E-state index in [0.717, 1.165) is 36.0 Å². The summed E-state index contributed by atoms with van der Waals surface area (Å²) in [5.41, 5.74) is 1.16. The number of hydrogen-bond acceptors (Lipinski definition) is 6. The van der Waals surface area contributed by atoms with E-state index in [9.17, 15) is 9.59 Å². The molecule has 1 aliphatic carbocycles. The number of hydrogen-bond donors (Lipinski definition) is 2. The highest BCUT2D eigenvalue weighted by Gasteiger charge is 2.21. The number of thiophene rings is 1. The molecule has 2 aromatic rings. The SMILES string of the molecule is CNCCN(C)C(=O)CSCc1nc2sc3c(c2c(=O)[nH]1)CCC3.Cl. The third kappa shape index (κ3) is 4.55. The molecule has 0 atom stereocenters. The molecule has 3 rings (SSSR count). The van der Waals surface area contributed by atoms with Crippen molar-refractivity contribution < 1.29 is 4.79 Å². The lowest BCUT2D eigenvalue weighted by molar-refractivity contribution is -0.127. The van der Waals surface area contributed by atoms with Gasteiger partial charge >= 0.3 is 0 Å². The smallest absolute Gasteiger partial charge is 0.259 e. The zero-order chi connectivity index (χ0) is 17.1. The van der Waals surface area contributed by atoms with Crippen molar-refractivity contribution in [3.05, 3.63) is 26.6 Å². The van der Waals surface area contributed by atoms with Crippen LogP contribution >= 0.6 is 35.5 Å². The molecule has 2 heterocycles. The monoisotopic (exact) mass is 402 g/mol. The lowest BCUT2D eigenvalue weighted by Gasteiger charge is -2.16. The van der Waals surface area contributed by atoms with Gasteiger partial charge in [0.15, 0.2) is 0 Å². The van der Waals surface area contributed by atoms with Crippen molar-refractivity contribution in [2.24, 2.45) is 0 Å². The molecule has 0 bridgehead atoms. The number of rotatable bonds is 7. The van der Waals surface area contributed by atoms with Gasteiger partial charge < -0.3 is 15.2 Å². The Kier molecular flexibility index (Phi) is 7.30. The van der Waals surface area contributed by atoms with E-state index in [1.807, 2.05) is 7.05 Å². The van der Waals surface area contributed by atoms with Crippen molar-refractivity contribution in [1.82, 2.24) is 20.2 Å². The normalized spacial score (nSPS) is 12.9. The van der Waals surface area contributed by atoms with Gasteiger partial charge in [-0.2, -0.15) is 0 Å². The molecular weight excluding hydrogens is 380 g/mol. The van der Waals surface area contributed by atoms with E-state index in [-0.39, 0.29) is 23.9 Å². The second-order valence-corrected chi connectivity index (χ2v) is 8.03. The van der Waals surface area contributed by atoms with Gasteiger partial charge in [-0.25, -0.2) is 4.98 Å². The van der Waals surface area contributed by atoms with Crippen LogP contribution < -0.4 is 10.9 Å². The molecule has 0 spiro atoms. The van der Waals surface area contributed by atoms with Gasteiger partial charge in [0.05, 0.1) is 16.9 Å². The topological polar surface area (TPSA) is 78.1 Å². The van der Waals surface area contributed by atoms with Crippen LogP contribution in [-0.4, -0.2) is 53.7 Å². The highest BCUT2D eigenvalue weighted by Crippen LogP contribution is 2.34. The van der Waals surface area contributed by atoms with Crippen LogP contribution in [0.3, 0.4) is 0 Å². The maximum Gasteiger partial charge on any atom is 0.259 e. The molecule has 25 heavy (non-hydrogen) atoms. The number of carbonyl (C=O) groups is 1. The van der Waals surface area contributed by atoms with Crippen molar-refractivity contribution in [1.29, 1.82) is 0 Å². The van der Waals surface area contributed by atoms with Gasteiger partial charge in [0, 0.05) is 25.0 Å². The van der Waals surface area contributed by atoms with E-state index in [2.05, 4.69) is 15.3 Å². The Hall–Kier alpha value is -1.09. The van der Waals surface area contributed by atoms with Crippen LogP contribution in [-0.2, 0) is 23.4 Å². The summed E-state index contributed by atoms with van der Waals surface area (Å²) >= 11 is 3.13. The number of amides is 1. The molecule has 138 valence electrons. The molecule has 0 aliphatic heterocycles. The summed E-state index contributed by atoms with van der Waals surface area (Å²) in [6.07, 6.45) is 3.19. The average molecular weight is 403 g/mol. The number of likely N-dealkylation sites (N-methyl/N-ethyl adjacent to an activating group) is 2. The molecule has 6 nitrogen and oxygen atoms in total. The Labute approximate surface area is 161 Å². The Bertz CT molecular complexity index is 805. The van der Waals surface area contributed by atoms with Crippen LogP contribution in [0.2, 0.25) is 0 Å². The molecule has 0 radical (unpaired) electrons. The molecule has 0 unspecified atom stereocenters. The van der Waals surface area contributed by atoms with Crippen LogP contribution in [0.1, 0.15) is 22.7 Å². The quantitative estimate of drug-likeness (QED) is 0.738. The fourth-order valence-corrected chi connectivity index (χ4v) is 4.97. The van der Waals surface area contributed by atoms with Gasteiger partial charge in [-0.3, -0.25) is 9.59 Å². The van der Waals surface area contributed by atoms with Crippen LogP contribution in [0.15, 0.2) is 4.79 Å². The van der Waals surface area contributed by atoms with Crippen molar-refractivity contribution in [3.63, 3.8) is 0 Å². The predicted molar refractivity (Wildman–Crippen MR) is 107 cm³/mol. The van der Waals surface area contributed by atoms with Crippen molar-refractivity contribution in [2.45, 2.75) is 25.0 Å². The van der Waals surface area contributed by atoms with E-state index < -0.39 is 0 Å². The number of aromatic amines is 1. The maximum absolute atomic E-state index is 12.4. The molecule has 0 saturated heterocycles. The Morgan fingerprint density at radius 3 is 3.00 bits per heavy atom. The lowest BCUT2D eigenvalue weighted by atomic mass is 10.2. The largest absolute Gasteiger partial charge is 0.344 e. The molecular formula is C16H23ClN4O2S2. The Morgan fingerprint density at radius 1 is 1.44 bits per heavy atom. The number of halogens is 1. The van der Waals surface area contributed by atoms with Gasteiger partial charge in [0.1, 0.15) is 10.7 Å². The third-order valence-corrected chi connectivity index (χ3v) is 6.33. The standard InChI is InChI=1S/C16H22N4O2S2.ClH/c1-17-6-7-20(2)13(21)9-23-8-12-18-15(22)14-10-4-3-5-11(10)24-16(14)19-12;/h17H,3-9H2,1-2H3,(H,18,19,22);1H. The summed E-state index contributed by atoms with van der Waals surface area (Å²) in [6, 6.07) is 0. The molecule has 2 N–H and O–H groups in total. The minimum atomic E-state index is -0.0348. The molecule has 0 aromatic carbocycles. The van der Waals surface area contributed by atoms with Crippen LogP contribution in [0, 0.1) is 0 Å². The molecule has 0 saturated carbocycles. The summed E-state index contributed by atoms with van der Waals surface area (Å²) < 4.78 is 0. The fraction of sp³-hybridized carbons (Fsp3) is 0.562. The van der Waals surface area contributed by atoms with Crippen LogP contribution in [0.5, 0.6) is 0 Å². The van der Waals surface area contributed by atoms with Crippen molar-refractivity contribution >= 4 is 51.6 Å². The molecule has 0 fully saturated rings. The first-order chi connectivity index (χ1) is 11.6. The second-order valence-electron chi connectivity index (χ2n) is 5.96. The third-order valence-electron chi connectivity index (χ3n) is 4.21. The molecule has 1 amide bonds. The number of thioether (sulfide) groups is 1. The number of fused-ring (bicyclic) bond motifs is 3. The summed E-state index contributed by atoms with van der Waals surface area (Å²) in [5, 5.41) is 3.81. The first-order valence-electron chi connectivity index (χ1n) is 8.10. The summed E-state index contributed by atoms with van der Waals surface area (Å²) in [4.78, 5) is 35.7. The predicted octanol–water partition coefficient (Wildman–Crippen LogP) is 1.81. The minimum absolute atomic E-state index is 0. The number of aryl methyl sites for hydroxylation is 2. The van der Waals surface area contributed by atoms with E-state index >= 15 is 0 Å². The minimum Gasteiger partial charge on any atom is -0.344 e. The zero-order valence-corrected chi connectivity index (χ0v) is 16.8. The summed E-state index contributed by atoms with van der Waals surface area (Å²) in [5.74, 6) is 1.68.